The zero-order chi connectivity index (χ0) is 12.7. The van der Waals surface area contributed by atoms with Crippen LogP contribution >= 0.6 is 0 Å². The second-order valence-electron chi connectivity index (χ2n) is 3.16. The van der Waals surface area contributed by atoms with Crippen LogP contribution in [-0.2, 0) is 14.2 Å². The van der Waals surface area contributed by atoms with Crippen molar-refractivity contribution in [2.45, 2.75) is 27.1 Å². The van der Waals surface area contributed by atoms with Gasteiger partial charge in [0.15, 0.2) is 0 Å². The van der Waals surface area contributed by atoms with Gasteiger partial charge in [0.2, 0.25) is 6.29 Å². The summed E-state index contributed by atoms with van der Waals surface area (Å²) in [7, 11) is 0. The third-order valence-electron chi connectivity index (χ3n) is 2.04. The fourth-order valence-corrected chi connectivity index (χ4v) is 1.36. The van der Waals surface area contributed by atoms with Gasteiger partial charge in [-0.15, -0.1) is 0 Å². The van der Waals surface area contributed by atoms with Gasteiger partial charge >= 0.3 is 5.97 Å². The molecule has 0 aromatic carbocycles. The van der Waals surface area contributed by atoms with Gasteiger partial charge in [-0.1, -0.05) is 0 Å². The summed E-state index contributed by atoms with van der Waals surface area (Å²) >= 11 is 0. The third kappa shape index (κ3) is 3.54. The number of esters is 1. The highest BCUT2D eigenvalue weighted by molar-refractivity contribution is 5.90. The normalized spacial score (nSPS) is 10.8. The second-order valence-corrected chi connectivity index (χ2v) is 3.16. The summed E-state index contributed by atoms with van der Waals surface area (Å²) in [6.45, 7) is 6.73. The van der Waals surface area contributed by atoms with Gasteiger partial charge in [0.05, 0.1) is 12.8 Å². The van der Waals surface area contributed by atoms with E-state index in [2.05, 4.69) is 10.2 Å². The van der Waals surface area contributed by atoms with E-state index in [-0.39, 0.29) is 0 Å². The molecule has 0 saturated heterocycles. The monoisotopic (exact) mass is 242 g/mol. The highest BCUT2D eigenvalue weighted by Crippen LogP contribution is 2.21. The molecule has 0 unspecified atom stereocenters. The second kappa shape index (κ2) is 7.03. The number of nitrogens with zero attached hydrogens (tertiary/aromatic N) is 1. The summed E-state index contributed by atoms with van der Waals surface area (Å²) < 4.78 is 15.7. The van der Waals surface area contributed by atoms with Crippen LogP contribution in [0.2, 0.25) is 0 Å². The maximum absolute atomic E-state index is 11.6. The van der Waals surface area contributed by atoms with Crippen LogP contribution in [0.25, 0.3) is 0 Å². The average molecular weight is 242 g/mol. The Morgan fingerprint density at radius 1 is 1.29 bits per heavy atom. The van der Waals surface area contributed by atoms with Gasteiger partial charge in [-0.05, 0) is 20.8 Å². The molecule has 0 bridgehead atoms. The van der Waals surface area contributed by atoms with Gasteiger partial charge in [-0.3, -0.25) is 5.10 Å². The molecule has 0 aliphatic carbocycles. The number of hydrogen-bond donors (Lipinski definition) is 1. The van der Waals surface area contributed by atoms with E-state index >= 15 is 0 Å². The lowest BCUT2D eigenvalue weighted by Crippen LogP contribution is -2.14. The fourth-order valence-electron chi connectivity index (χ4n) is 1.36. The van der Waals surface area contributed by atoms with Crippen LogP contribution in [0.1, 0.15) is 43.1 Å². The summed E-state index contributed by atoms with van der Waals surface area (Å²) in [4.78, 5) is 11.6. The molecule has 96 valence electrons. The maximum Gasteiger partial charge on any atom is 0.341 e. The van der Waals surface area contributed by atoms with Crippen LogP contribution in [0.15, 0.2) is 6.20 Å². The van der Waals surface area contributed by atoms with Crippen LogP contribution in [0.3, 0.4) is 0 Å². The van der Waals surface area contributed by atoms with Crippen LogP contribution < -0.4 is 0 Å². The minimum Gasteiger partial charge on any atom is -0.462 e. The summed E-state index contributed by atoms with van der Waals surface area (Å²) in [6.07, 6.45) is 0.796. The van der Waals surface area contributed by atoms with Crippen LogP contribution in [0, 0.1) is 0 Å². The summed E-state index contributed by atoms with van der Waals surface area (Å²) in [5.41, 5.74) is 0.839. The topological polar surface area (TPSA) is 73.4 Å². The molecular weight excluding hydrogens is 224 g/mol. The van der Waals surface area contributed by atoms with Crippen molar-refractivity contribution < 1.29 is 19.0 Å². The van der Waals surface area contributed by atoms with Gasteiger partial charge in [0.1, 0.15) is 11.3 Å². The van der Waals surface area contributed by atoms with Crippen molar-refractivity contribution in [1.82, 2.24) is 10.2 Å². The Morgan fingerprint density at radius 3 is 2.47 bits per heavy atom. The zero-order valence-corrected chi connectivity index (χ0v) is 10.4. The predicted octanol–water partition coefficient (Wildman–Crippen LogP) is 1.66. The van der Waals surface area contributed by atoms with Crippen molar-refractivity contribution in [3.05, 3.63) is 17.5 Å². The number of aromatic nitrogens is 2. The van der Waals surface area contributed by atoms with E-state index in [0.29, 0.717) is 31.1 Å². The van der Waals surface area contributed by atoms with Crippen molar-refractivity contribution in [2.75, 3.05) is 19.8 Å². The Morgan fingerprint density at radius 2 is 1.94 bits per heavy atom. The van der Waals surface area contributed by atoms with E-state index in [4.69, 9.17) is 14.2 Å². The molecule has 1 N–H and O–H groups in total. The van der Waals surface area contributed by atoms with Crippen LogP contribution in [0.5, 0.6) is 0 Å². The van der Waals surface area contributed by atoms with Gasteiger partial charge in [0.25, 0.3) is 0 Å². The first kappa shape index (κ1) is 13.7. The molecule has 1 heterocycles. The zero-order valence-electron chi connectivity index (χ0n) is 10.4. The van der Waals surface area contributed by atoms with Crippen LogP contribution in [0.4, 0.5) is 0 Å². The van der Waals surface area contributed by atoms with E-state index in [1.54, 1.807) is 6.92 Å². The highest BCUT2D eigenvalue weighted by Gasteiger charge is 2.23. The molecule has 0 aliphatic rings. The lowest BCUT2D eigenvalue weighted by atomic mass is 10.2. The van der Waals surface area contributed by atoms with Crippen molar-refractivity contribution >= 4 is 5.97 Å². The fraction of sp³-hybridized carbons (Fsp3) is 0.636. The molecule has 0 aliphatic heterocycles. The highest BCUT2D eigenvalue weighted by atomic mass is 16.7. The molecule has 6 nitrogen and oxygen atoms in total. The molecule has 1 aromatic rings. The van der Waals surface area contributed by atoms with E-state index in [1.165, 1.54) is 6.20 Å². The lowest BCUT2D eigenvalue weighted by molar-refractivity contribution is -0.143. The van der Waals surface area contributed by atoms with Gasteiger partial charge in [0, 0.05) is 13.2 Å². The molecule has 17 heavy (non-hydrogen) atoms. The minimum atomic E-state index is -0.619. The Bertz CT molecular complexity index is 345. The maximum atomic E-state index is 11.6. The molecule has 6 heteroatoms. The summed E-state index contributed by atoms with van der Waals surface area (Å²) in [5, 5.41) is 6.54. The number of aromatic amines is 1. The van der Waals surface area contributed by atoms with Crippen molar-refractivity contribution in [3.8, 4) is 0 Å². The van der Waals surface area contributed by atoms with Gasteiger partial charge < -0.3 is 14.2 Å². The number of H-pyrrole nitrogens is 1. The molecule has 0 spiro atoms. The first-order valence-electron chi connectivity index (χ1n) is 5.68. The first-order valence-corrected chi connectivity index (χ1v) is 5.68. The molecule has 0 radical (unpaired) electrons. The quantitative estimate of drug-likeness (QED) is 0.581. The minimum absolute atomic E-state index is 0.317. The van der Waals surface area contributed by atoms with Crippen molar-refractivity contribution in [1.29, 1.82) is 0 Å². The number of nitrogens with one attached hydrogen (secondary N) is 1. The molecule has 0 amide bonds. The lowest BCUT2D eigenvalue weighted by Gasteiger charge is -2.16. The molecule has 1 rings (SSSR count). The Kier molecular flexibility index (Phi) is 5.65. The SMILES string of the molecule is CCOC(=O)c1cn[nH]c1C(OCC)OCC. The van der Waals surface area contributed by atoms with Crippen molar-refractivity contribution in [2.24, 2.45) is 0 Å². The Hall–Kier alpha value is -1.40. The average Bonchev–Trinajstić information content (AvgIpc) is 2.78. The number of hydrogen-bond acceptors (Lipinski definition) is 5. The predicted molar refractivity (Wildman–Crippen MR) is 60.5 cm³/mol. The van der Waals surface area contributed by atoms with E-state index in [0.717, 1.165) is 0 Å². The smallest absolute Gasteiger partial charge is 0.341 e. The number of rotatable bonds is 7. The Labute approximate surface area is 100 Å². The van der Waals surface area contributed by atoms with Gasteiger partial charge in [-0.25, -0.2) is 4.79 Å². The molecule has 0 atom stereocenters. The first-order chi connectivity index (χ1) is 8.24. The van der Waals surface area contributed by atoms with Crippen molar-refractivity contribution in [3.63, 3.8) is 0 Å². The Balaban J connectivity index is 2.87. The van der Waals surface area contributed by atoms with E-state index in [1.807, 2.05) is 13.8 Å². The van der Waals surface area contributed by atoms with Gasteiger partial charge in [-0.2, -0.15) is 5.10 Å². The van der Waals surface area contributed by atoms with E-state index in [9.17, 15) is 4.79 Å². The number of carbonyl (C=O) groups excluding carboxylic acids is 1. The molecule has 0 fully saturated rings. The van der Waals surface area contributed by atoms with E-state index < -0.39 is 12.3 Å². The summed E-state index contributed by atoms with van der Waals surface area (Å²) in [6, 6.07) is 0. The number of ether oxygens (including phenoxy) is 3. The number of carbonyl (C=O) groups is 1. The largest absolute Gasteiger partial charge is 0.462 e. The third-order valence-corrected chi connectivity index (χ3v) is 2.04. The molecular formula is C11H18N2O4. The van der Waals surface area contributed by atoms with Crippen LogP contribution in [-0.4, -0.2) is 36.0 Å². The molecule has 1 aromatic heterocycles. The molecule has 0 saturated carbocycles. The summed E-state index contributed by atoms with van der Waals surface area (Å²) in [5.74, 6) is -0.430. The standard InChI is InChI=1S/C11H18N2O4/c1-4-15-10(14)8-7-12-13-9(8)11(16-5-2)17-6-3/h7,11H,4-6H2,1-3H3,(H,12,13).